The molecule has 49 heavy (non-hydrogen) atoms. The molecule has 0 spiro atoms. The summed E-state index contributed by atoms with van der Waals surface area (Å²) in [7, 11) is 0. The minimum Gasteiger partial charge on any atom is -0.493 e. The van der Waals surface area contributed by atoms with Gasteiger partial charge >= 0.3 is 0 Å². The number of benzene rings is 2. The fourth-order valence-corrected chi connectivity index (χ4v) is 5.83. The first-order chi connectivity index (χ1) is 23.7. The predicted molar refractivity (Wildman–Crippen MR) is 181 cm³/mol. The van der Waals surface area contributed by atoms with E-state index in [1.807, 2.05) is 84.6 Å². The number of fused-ring (bicyclic) bond motifs is 3. The number of aromatic nitrogens is 5. The standard InChI is InChI=1S/C19H18FN3O2.C18H14N4O2/c1-12-5-8-21-17-14(6-9-23(12)17)18(24)22-19(2)7-10-25-16-4-3-13(20)11-15(16)19;1-12-6-9-22-10-7-15(16(22)20-12)17(23)21-14-4-2-13(3-5-14)18-19-8-11-24-18/h3-6,8-9,11H,7,10H2,1-2H3,(H,22,24);2-11H,1H3,(H,21,23). The van der Waals surface area contributed by atoms with Crippen molar-refractivity contribution in [2.45, 2.75) is 32.7 Å². The average molecular weight is 658 g/mol. The van der Waals surface area contributed by atoms with Gasteiger partial charge in [-0.15, -0.1) is 0 Å². The van der Waals surface area contributed by atoms with Crippen molar-refractivity contribution in [3.63, 3.8) is 0 Å². The topological polar surface area (TPSA) is 128 Å². The molecule has 0 saturated heterocycles. The number of amides is 2. The number of carbonyl (C=O) groups excluding carboxylic acids is 2. The predicted octanol–water partition coefficient (Wildman–Crippen LogP) is 6.76. The molecule has 0 aliphatic carbocycles. The molecule has 0 fully saturated rings. The molecule has 5 aromatic heterocycles. The van der Waals surface area contributed by atoms with Gasteiger partial charge in [0.1, 0.15) is 29.1 Å². The fourth-order valence-electron chi connectivity index (χ4n) is 5.83. The van der Waals surface area contributed by atoms with Gasteiger partial charge in [-0.2, -0.15) is 0 Å². The van der Waals surface area contributed by atoms with Crippen molar-refractivity contribution in [3.05, 3.63) is 138 Å². The van der Waals surface area contributed by atoms with Gasteiger partial charge in [0, 0.05) is 59.4 Å². The summed E-state index contributed by atoms with van der Waals surface area (Å²) >= 11 is 0. The molecular weight excluding hydrogens is 625 g/mol. The van der Waals surface area contributed by atoms with Gasteiger partial charge in [-0.25, -0.2) is 19.3 Å². The SMILES string of the molecule is Cc1ccn2ccc(C(=O)Nc3ccc(-c4ncco4)cc3)c2n1.Cc1ccnc2c(C(=O)NC3(C)CCOc4ccc(F)cc43)ccn12. The zero-order chi connectivity index (χ0) is 34.1. The Morgan fingerprint density at radius 1 is 0.878 bits per heavy atom. The fraction of sp³-hybridized carbons (Fsp3) is 0.162. The highest BCUT2D eigenvalue weighted by atomic mass is 19.1. The van der Waals surface area contributed by atoms with E-state index in [-0.39, 0.29) is 17.6 Å². The van der Waals surface area contributed by atoms with Crippen molar-refractivity contribution in [2.75, 3.05) is 11.9 Å². The van der Waals surface area contributed by atoms with Crippen LogP contribution in [-0.2, 0) is 5.54 Å². The molecule has 8 rings (SSSR count). The molecule has 12 heteroatoms. The van der Waals surface area contributed by atoms with Crippen LogP contribution in [0.2, 0.25) is 0 Å². The molecule has 1 aliphatic heterocycles. The van der Waals surface area contributed by atoms with E-state index in [0.29, 0.717) is 58.3 Å². The van der Waals surface area contributed by atoms with E-state index in [4.69, 9.17) is 9.15 Å². The van der Waals surface area contributed by atoms with Gasteiger partial charge in [0.15, 0.2) is 0 Å². The summed E-state index contributed by atoms with van der Waals surface area (Å²) in [6, 6.07) is 19.0. The van der Waals surface area contributed by atoms with E-state index in [0.717, 1.165) is 17.0 Å². The van der Waals surface area contributed by atoms with Crippen LogP contribution < -0.4 is 15.4 Å². The lowest BCUT2D eigenvalue weighted by Crippen LogP contribution is -2.46. The second-order valence-corrected chi connectivity index (χ2v) is 11.9. The summed E-state index contributed by atoms with van der Waals surface area (Å²) in [5, 5.41) is 5.94. The molecule has 7 aromatic rings. The van der Waals surface area contributed by atoms with Crippen LogP contribution in [0.4, 0.5) is 10.1 Å². The van der Waals surface area contributed by atoms with E-state index in [1.165, 1.54) is 18.4 Å². The molecule has 0 radical (unpaired) electrons. The van der Waals surface area contributed by atoms with E-state index >= 15 is 0 Å². The summed E-state index contributed by atoms with van der Waals surface area (Å²) in [4.78, 5) is 38.3. The number of aryl methyl sites for hydroxylation is 2. The first-order valence-electron chi connectivity index (χ1n) is 15.6. The largest absolute Gasteiger partial charge is 0.493 e. The molecule has 11 nitrogen and oxygen atoms in total. The number of nitrogens with zero attached hydrogens (tertiary/aromatic N) is 5. The third-order valence-electron chi connectivity index (χ3n) is 8.49. The number of ether oxygens (including phenoxy) is 1. The van der Waals surface area contributed by atoms with E-state index in [2.05, 4.69) is 25.6 Å². The number of oxazole rings is 1. The third kappa shape index (κ3) is 6.23. The Balaban J connectivity index is 0.000000154. The second kappa shape index (κ2) is 12.7. The van der Waals surface area contributed by atoms with Crippen molar-refractivity contribution in [1.82, 2.24) is 29.1 Å². The monoisotopic (exact) mass is 657 g/mol. The van der Waals surface area contributed by atoms with Gasteiger partial charge in [-0.3, -0.25) is 9.59 Å². The number of anilines is 1. The minimum atomic E-state index is -0.704. The van der Waals surface area contributed by atoms with Crippen molar-refractivity contribution in [1.29, 1.82) is 0 Å². The number of halogens is 1. The van der Waals surface area contributed by atoms with Crippen molar-refractivity contribution < 1.29 is 23.1 Å². The quantitative estimate of drug-likeness (QED) is 0.209. The molecule has 0 bridgehead atoms. The van der Waals surface area contributed by atoms with E-state index in [1.54, 1.807) is 30.6 Å². The van der Waals surface area contributed by atoms with Crippen molar-refractivity contribution in [3.8, 4) is 17.2 Å². The van der Waals surface area contributed by atoms with Crippen molar-refractivity contribution in [2.24, 2.45) is 0 Å². The Bertz CT molecular complexity index is 2310. The van der Waals surface area contributed by atoms with Crippen LogP contribution in [0.5, 0.6) is 5.75 Å². The van der Waals surface area contributed by atoms with E-state index < -0.39 is 5.54 Å². The maximum atomic E-state index is 13.7. The summed E-state index contributed by atoms with van der Waals surface area (Å²) in [6.45, 7) is 6.21. The number of hydrogen-bond acceptors (Lipinski definition) is 7. The van der Waals surface area contributed by atoms with Crippen molar-refractivity contribution >= 4 is 28.8 Å². The summed E-state index contributed by atoms with van der Waals surface area (Å²) in [6.07, 6.45) is 10.9. The lowest BCUT2D eigenvalue weighted by atomic mass is 9.86. The van der Waals surface area contributed by atoms with Crippen LogP contribution in [-0.4, -0.2) is 42.2 Å². The minimum absolute atomic E-state index is 0.195. The van der Waals surface area contributed by atoms with Gasteiger partial charge in [-0.05, 0) is 87.5 Å². The summed E-state index contributed by atoms with van der Waals surface area (Å²) in [5.74, 6) is 0.369. The molecule has 246 valence electrons. The highest BCUT2D eigenvalue weighted by Gasteiger charge is 2.36. The van der Waals surface area contributed by atoms with E-state index in [9.17, 15) is 14.0 Å². The number of nitrogens with one attached hydrogen (secondary N) is 2. The maximum absolute atomic E-state index is 13.7. The lowest BCUT2D eigenvalue weighted by Gasteiger charge is -2.36. The molecular formula is C37H32FN7O4. The Kier molecular flexibility index (Phi) is 8.13. The molecule has 2 N–H and O–H groups in total. The molecule has 0 saturated carbocycles. The van der Waals surface area contributed by atoms with Crippen LogP contribution in [0.3, 0.4) is 0 Å². The third-order valence-corrected chi connectivity index (χ3v) is 8.49. The Morgan fingerprint density at radius 3 is 2.45 bits per heavy atom. The number of hydrogen-bond donors (Lipinski definition) is 2. The molecule has 1 aliphatic rings. The smallest absolute Gasteiger partial charge is 0.259 e. The Hall–Kier alpha value is -6.30. The molecule has 6 heterocycles. The maximum Gasteiger partial charge on any atom is 0.259 e. The second-order valence-electron chi connectivity index (χ2n) is 11.9. The average Bonchev–Trinajstić information content (AvgIpc) is 3.87. The van der Waals surface area contributed by atoms with Gasteiger partial charge in [0.05, 0.1) is 29.5 Å². The van der Waals surface area contributed by atoms with Gasteiger partial charge < -0.3 is 28.6 Å². The van der Waals surface area contributed by atoms with Crippen LogP contribution >= 0.6 is 0 Å². The molecule has 1 atom stereocenters. The van der Waals surface area contributed by atoms with Gasteiger partial charge in [0.25, 0.3) is 11.8 Å². The first-order valence-corrected chi connectivity index (χ1v) is 15.6. The Labute approximate surface area is 280 Å². The van der Waals surface area contributed by atoms with Crippen LogP contribution in [0.1, 0.15) is 51.0 Å². The zero-order valence-corrected chi connectivity index (χ0v) is 27.0. The van der Waals surface area contributed by atoms with Crippen LogP contribution in [0, 0.1) is 19.7 Å². The first kappa shape index (κ1) is 31.3. The molecule has 1 unspecified atom stereocenters. The number of rotatable bonds is 5. The van der Waals surface area contributed by atoms with Crippen LogP contribution in [0.25, 0.3) is 22.7 Å². The lowest BCUT2D eigenvalue weighted by molar-refractivity contribution is 0.0874. The van der Waals surface area contributed by atoms with Gasteiger partial charge in [0.2, 0.25) is 5.89 Å². The van der Waals surface area contributed by atoms with Gasteiger partial charge in [-0.1, -0.05) is 0 Å². The highest BCUT2D eigenvalue weighted by Crippen LogP contribution is 2.37. The number of carbonyl (C=O) groups is 2. The summed E-state index contributed by atoms with van der Waals surface area (Å²) < 4.78 is 28.3. The molecule has 2 amide bonds. The Morgan fingerprint density at radius 2 is 1.65 bits per heavy atom. The zero-order valence-electron chi connectivity index (χ0n) is 27.0. The normalized spacial score (nSPS) is 15.2. The molecule has 2 aromatic carbocycles. The highest BCUT2D eigenvalue weighted by molar-refractivity contribution is 6.08. The van der Waals surface area contributed by atoms with Crippen LogP contribution in [0.15, 0.2) is 108 Å². The summed E-state index contributed by atoms with van der Waals surface area (Å²) in [5.41, 5.74) is 5.64.